The first-order chi connectivity index (χ1) is 9.36. The predicted octanol–water partition coefficient (Wildman–Crippen LogP) is 3.76. The van der Waals surface area contributed by atoms with Crippen molar-refractivity contribution in [1.82, 2.24) is 10.3 Å². The summed E-state index contributed by atoms with van der Waals surface area (Å²) in [4.78, 5) is 4.04. The molecule has 1 heterocycles. The van der Waals surface area contributed by atoms with Crippen LogP contribution in [0.25, 0.3) is 0 Å². The molecular weight excluding hydrogens is 232 g/mol. The van der Waals surface area contributed by atoms with E-state index in [0.29, 0.717) is 6.04 Å². The van der Waals surface area contributed by atoms with Gasteiger partial charge in [0.1, 0.15) is 0 Å². The predicted molar refractivity (Wildman–Crippen MR) is 80.0 cm³/mol. The second-order valence-electron chi connectivity index (χ2n) is 4.90. The highest BCUT2D eigenvalue weighted by atomic mass is 14.9. The smallest absolute Gasteiger partial charge is 0.0292 e. The lowest BCUT2D eigenvalue weighted by atomic mass is 10.1. The summed E-state index contributed by atoms with van der Waals surface area (Å²) in [6.07, 6.45) is 7.32. The van der Waals surface area contributed by atoms with Gasteiger partial charge in [0.25, 0.3) is 0 Å². The van der Waals surface area contributed by atoms with Gasteiger partial charge >= 0.3 is 0 Å². The maximum absolute atomic E-state index is 4.04. The molecule has 2 rings (SSSR count). The normalized spacial score (nSPS) is 12.3. The summed E-state index contributed by atoms with van der Waals surface area (Å²) in [6.45, 7) is 3.27. The van der Waals surface area contributed by atoms with E-state index in [9.17, 15) is 0 Å². The minimum atomic E-state index is 0.403. The summed E-state index contributed by atoms with van der Waals surface area (Å²) in [7, 11) is 0. The van der Waals surface area contributed by atoms with Gasteiger partial charge in [-0.2, -0.15) is 0 Å². The lowest BCUT2D eigenvalue weighted by Gasteiger charge is -2.13. The topological polar surface area (TPSA) is 24.9 Å². The highest BCUT2D eigenvalue weighted by Crippen LogP contribution is 2.10. The molecule has 0 saturated heterocycles. The molecular formula is C17H22N2. The van der Waals surface area contributed by atoms with Crippen LogP contribution >= 0.6 is 0 Å². The van der Waals surface area contributed by atoms with E-state index in [1.54, 1.807) is 0 Å². The fourth-order valence-electron chi connectivity index (χ4n) is 2.19. The molecule has 0 aliphatic rings. The minimum absolute atomic E-state index is 0.403. The lowest BCUT2D eigenvalue weighted by Crippen LogP contribution is -2.19. The van der Waals surface area contributed by atoms with Crippen molar-refractivity contribution in [3.63, 3.8) is 0 Å². The lowest BCUT2D eigenvalue weighted by molar-refractivity contribution is 0.546. The SMILES string of the molecule is CC(NCCCCc1ccccc1)c1ccncc1. The van der Waals surface area contributed by atoms with Gasteiger partial charge in [0, 0.05) is 18.4 Å². The van der Waals surface area contributed by atoms with Crippen molar-refractivity contribution >= 4 is 0 Å². The Morgan fingerprint density at radius 3 is 2.47 bits per heavy atom. The number of unbranched alkanes of at least 4 members (excludes halogenated alkanes) is 1. The molecule has 0 saturated carbocycles. The molecule has 2 heteroatoms. The third-order valence-corrected chi connectivity index (χ3v) is 3.39. The number of pyridine rings is 1. The van der Waals surface area contributed by atoms with Crippen molar-refractivity contribution in [2.24, 2.45) is 0 Å². The van der Waals surface area contributed by atoms with E-state index in [-0.39, 0.29) is 0 Å². The average molecular weight is 254 g/mol. The number of hydrogen-bond donors (Lipinski definition) is 1. The summed E-state index contributed by atoms with van der Waals surface area (Å²) >= 11 is 0. The van der Waals surface area contributed by atoms with E-state index < -0.39 is 0 Å². The van der Waals surface area contributed by atoms with Gasteiger partial charge in [-0.3, -0.25) is 4.98 Å². The van der Waals surface area contributed by atoms with E-state index in [1.165, 1.54) is 30.4 Å². The molecule has 2 aromatic rings. The Morgan fingerprint density at radius 2 is 1.74 bits per heavy atom. The molecule has 2 nitrogen and oxygen atoms in total. The zero-order chi connectivity index (χ0) is 13.3. The van der Waals surface area contributed by atoms with E-state index in [1.807, 2.05) is 12.4 Å². The quantitative estimate of drug-likeness (QED) is 0.761. The van der Waals surface area contributed by atoms with Gasteiger partial charge in [-0.15, -0.1) is 0 Å². The fourth-order valence-corrected chi connectivity index (χ4v) is 2.19. The molecule has 0 spiro atoms. The van der Waals surface area contributed by atoms with Gasteiger partial charge in [0.2, 0.25) is 0 Å². The van der Waals surface area contributed by atoms with E-state index in [2.05, 4.69) is 59.7 Å². The number of nitrogens with zero attached hydrogens (tertiary/aromatic N) is 1. The largest absolute Gasteiger partial charge is 0.310 e. The highest BCUT2D eigenvalue weighted by Gasteiger charge is 2.02. The highest BCUT2D eigenvalue weighted by molar-refractivity contribution is 5.15. The van der Waals surface area contributed by atoms with Crippen LogP contribution < -0.4 is 5.32 Å². The number of benzene rings is 1. The van der Waals surface area contributed by atoms with Crippen LogP contribution in [0.1, 0.15) is 36.9 Å². The van der Waals surface area contributed by atoms with Gasteiger partial charge in [-0.25, -0.2) is 0 Å². The molecule has 0 amide bonds. The maximum atomic E-state index is 4.04. The Kier molecular flexibility index (Phi) is 5.57. The van der Waals surface area contributed by atoms with Crippen LogP contribution in [0.3, 0.4) is 0 Å². The van der Waals surface area contributed by atoms with Crippen molar-refractivity contribution in [1.29, 1.82) is 0 Å². The number of aromatic nitrogens is 1. The molecule has 1 aromatic heterocycles. The van der Waals surface area contributed by atoms with Crippen LogP contribution in [0.4, 0.5) is 0 Å². The second kappa shape index (κ2) is 7.70. The first-order valence-electron chi connectivity index (χ1n) is 7.03. The van der Waals surface area contributed by atoms with E-state index in [4.69, 9.17) is 0 Å². The van der Waals surface area contributed by atoms with Crippen molar-refractivity contribution in [3.05, 3.63) is 66.0 Å². The number of nitrogens with one attached hydrogen (secondary N) is 1. The monoisotopic (exact) mass is 254 g/mol. The molecule has 1 unspecified atom stereocenters. The second-order valence-corrected chi connectivity index (χ2v) is 4.90. The minimum Gasteiger partial charge on any atom is -0.310 e. The third-order valence-electron chi connectivity index (χ3n) is 3.39. The van der Waals surface area contributed by atoms with Crippen molar-refractivity contribution in [3.8, 4) is 0 Å². The maximum Gasteiger partial charge on any atom is 0.0292 e. The zero-order valence-corrected chi connectivity index (χ0v) is 11.5. The molecule has 1 N–H and O–H groups in total. The van der Waals surface area contributed by atoms with Crippen molar-refractivity contribution in [2.75, 3.05) is 6.54 Å². The molecule has 1 atom stereocenters. The summed E-state index contributed by atoms with van der Waals surface area (Å²) < 4.78 is 0. The first-order valence-corrected chi connectivity index (χ1v) is 7.03. The van der Waals surface area contributed by atoms with Gasteiger partial charge in [-0.1, -0.05) is 30.3 Å². The fraction of sp³-hybridized carbons (Fsp3) is 0.353. The number of hydrogen-bond acceptors (Lipinski definition) is 2. The number of rotatable bonds is 7. The van der Waals surface area contributed by atoms with Gasteiger partial charge in [-0.05, 0) is 56.0 Å². The molecule has 100 valence electrons. The van der Waals surface area contributed by atoms with E-state index >= 15 is 0 Å². The van der Waals surface area contributed by atoms with Crippen LogP contribution in [0.2, 0.25) is 0 Å². The van der Waals surface area contributed by atoms with E-state index in [0.717, 1.165) is 6.54 Å². The van der Waals surface area contributed by atoms with Gasteiger partial charge < -0.3 is 5.32 Å². The Bertz CT molecular complexity index is 453. The summed E-state index contributed by atoms with van der Waals surface area (Å²) in [5, 5.41) is 3.56. The number of aryl methyl sites for hydroxylation is 1. The molecule has 0 radical (unpaired) electrons. The molecule has 1 aromatic carbocycles. The zero-order valence-electron chi connectivity index (χ0n) is 11.5. The van der Waals surface area contributed by atoms with Crippen LogP contribution in [-0.4, -0.2) is 11.5 Å². The Labute approximate surface area is 115 Å². The van der Waals surface area contributed by atoms with Crippen molar-refractivity contribution < 1.29 is 0 Å². The molecule has 0 bridgehead atoms. The molecule has 0 aliphatic carbocycles. The summed E-state index contributed by atoms with van der Waals surface area (Å²) in [5.74, 6) is 0. The van der Waals surface area contributed by atoms with Crippen molar-refractivity contribution in [2.45, 2.75) is 32.2 Å². The standard InChI is InChI=1S/C17H22N2/c1-15(17-10-13-18-14-11-17)19-12-6-5-9-16-7-3-2-4-8-16/h2-4,7-8,10-11,13-15,19H,5-6,9,12H2,1H3. The summed E-state index contributed by atoms with van der Waals surface area (Å²) in [6, 6.07) is 15.2. The Morgan fingerprint density at radius 1 is 1.00 bits per heavy atom. The van der Waals surface area contributed by atoms with Crippen LogP contribution in [-0.2, 0) is 6.42 Å². The summed E-state index contributed by atoms with van der Waals surface area (Å²) in [5.41, 5.74) is 2.74. The molecule has 19 heavy (non-hydrogen) atoms. The Hall–Kier alpha value is -1.67. The Balaban J connectivity index is 1.62. The van der Waals surface area contributed by atoms with Gasteiger partial charge in [0.15, 0.2) is 0 Å². The van der Waals surface area contributed by atoms with Crippen LogP contribution in [0, 0.1) is 0 Å². The average Bonchev–Trinajstić information content (AvgIpc) is 2.49. The first kappa shape index (κ1) is 13.8. The third kappa shape index (κ3) is 4.84. The molecule has 0 aliphatic heterocycles. The van der Waals surface area contributed by atoms with Crippen LogP contribution in [0.15, 0.2) is 54.9 Å². The van der Waals surface area contributed by atoms with Crippen LogP contribution in [0.5, 0.6) is 0 Å². The van der Waals surface area contributed by atoms with Gasteiger partial charge in [0.05, 0.1) is 0 Å². The molecule has 0 fully saturated rings.